The average molecular weight is 299 g/mol. The average Bonchev–Trinajstić information content (AvgIpc) is 2.44. The van der Waals surface area contributed by atoms with E-state index in [0.29, 0.717) is 5.56 Å². The number of rotatable bonds is 3. The molecule has 3 N–H and O–H groups in total. The molecule has 22 heavy (non-hydrogen) atoms. The highest BCUT2D eigenvalue weighted by atomic mass is 16.4. The van der Waals surface area contributed by atoms with E-state index in [1.165, 1.54) is 0 Å². The van der Waals surface area contributed by atoms with Crippen molar-refractivity contribution in [3.05, 3.63) is 65.2 Å². The third-order valence-electron chi connectivity index (χ3n) is 3.56. The number of aromatic hydroxyl groups is 1. The Bertz CT molecular complexity index is 674. The minimum absolute atomic E-state index is 0.0252. The van der Waals surface area contributed by atoms with Gasteiger partial charge in [-0.2, -0.15) is 0 Å². The SMILES string of the molecule is CC(C)(C)c1cccc(C(NC(=O)O)c2cccc(O)c2)c1. The molecule has 1 unspecified atom stereocenters. The molecule has 0 spiro atoms. The molecular weight excluding hydrogens is 278 g/mol. The highest BCUT2D eigenvalue weighted by Gasteiger charge is 2.20. The summed E-state index contributed by atoms with van der Waals surface area (Å²) < 4.78 is 0. The van der Waals surface area contributed by atoms with Gasteiger partial charge in [-0.25, -0.2) is 4.79 Å². The number of benzene rings is 2. The van der Waals surface area contributed by atoms with E-state index in [1.807, 2.05) is 24.3 Å². The lowest BCUT2D eigenvalue weighted by atomic mass is 9.85. The molecule has 0 aliphatic carbocycles. The second-order valence-corrected chi connectivity index (χ2v) is 6.35. The summed E-state index contributed by atoms with van der Waals surface area (Å²) in [5.74, 6) is 0.113. The molecule has 0 saturated heterocycles. The number of nitrogens with one attached hydrogen (secondary N) is 1. The van der Waals surface area contributed by atoms with Crippen molar-refractivity contribution in [3.63, 3.8) is 0 Å². The minimum Gasteiger partial charge on any atom is -0.508 e. The zero-order valence-corrected chi connectivity index (χ0v) is 13.0. The molecule has 0 fully saturated rings. The molecule has 0 aliphatic heterocycles. The Morgan fingerprint density at radius 3 is 2.18 bits per heavy atom. The first-order chi connectivity index (χ1) is 10.3. The van der Waals surface area contributed by atoms with Crippen LogP contribution in [0.2, 0.25) is 0 Å². The highest BCUT2D eigenvalue weighted by molar-refractivity contribution is 5.66. The largest absolute Gasteiger partial charge is 0.508 e. The Morgan fingerprint density at radius 2 is 1.64 bits per heavy atom. The molecule has 1 atom stereocenters. The van der Waals surface area contributed by atoms with Crippen molar-refractivity contribution < 1.29 is 15.0 Å². The molecule has 2 aromatic carbocycles. The van der Waals surface area contributed by atoms with Crippen molar-refractivity contribution >= 4 is 6.09 Å². The topological polar surface area (TPSA) is 69.6 Å². The van der Waals surface area contributed by atoms with Gasteiger partial charge in [-0.15, -0.1) is 0 Å². The number of amides is 1. The van der Waals surface area contributed by atoms with E-state index in [-0.39, 0.29) is 11.2 Å². The Morgan fingerprint density at radius 1 is 1.05 bits per heavy atom. The Balaban J connectivity index is 2.48. The maximum atomic E-state index is 11.1. The van der Waals surface area contributed by atoms with Crippen LogP contribution in [0.5, 0.6) is 5.75 Å². The van der Waals surface area contributed by atoms with Gasteiger partial charge in [0.15, 0.2) is 0 Å². The fraction of sp³-hybridized carbons (Fsp3) is 0.278. The molecule has 0 heterocycles. The zero-order chi connectivity index (χ0) is 16.3. The molecule has 4 nitrogen and oxygen atoms in total. The first-order valence-corrected chi connectivity index (χ1v) is 7.16. The highest BCUT2D eigenvalue weighted by Crippen LogP contribution is 2.29. The van der Waals surface area contributed by atoms with E-state index in [2.05, 4.69) is 26.1 Å². The lowest BCUT2D eigenvalue weighted by Crippen LogP contribution is -2.28. The van der Waals surface area contributed by atoms with E-state index < -0.39 is 12.1 Å². The van der Waals surface area contributed by atoms with E-state index in [4.69, 9.17) is 5.11 Å². The van der Waals surface area contributed by atoms with Crippen molar-refractivity contribution in [1.82, 2.24) is 5.32 Å². The van der Waals surface area contributed by atoms with Crippen LogP contribution < -0.4 is 5.32 Å². The lowest BCUT2D eigenvalue weighted by molar-refractivity contribution is 0.191. The van der Waals surface area contributed by atoms with E-state index in [1.54, 1.807) is 24.3 Å². The molecule has 0 aliphatic rings. The van der Waals surface area contributed by atoms with Crippen molar-refractivity contribution in [1.29, 1.82) is 0 Å². The number of hydrogen-bond donors (Lipinski definition) is 3. The number of phenols is 1. The summed E-state index contributed by atoms with van der Waals surface area (Å²) in [5.41, 5.74) is 2.65. The van der Waals surface area contributed by atoms with Gasteiger partial charge in [-0.1, -0.05) is 57.2 Å². The summed E-state index contributed by atoms with van der Waals surface area (Å²) in [6, 6.07) is 14.0. The maximum absolute atomic E-state index is 11.1. The van der Waals surface area contributed by atoms with Crippen molar-refractivity contribution in [2.75, 3.05) is 0 Å². The van der Waals surface area contributed by atoms with E-state index in [0.717, 1.165) is 11.1 Å². The maximum Gasteiger partial charge on any atom is 0.405 e. The van der Waals surface area contributed by atoms with Crippen LogP contribution in [0.25, 0.3) is 0 Å². The third-order valence-corrected chi connectivity index (χ3v) is 3.56. The molecule has 116 valence electrons. The third kappa shape index (κ3) is 3.79. The van der Waals surface area contributed by atoms with Gasteiger partial charge < -0.3 is 15.5 Å². The predicted octanol–water partition coefficient (Wildman–Crippen LogP) is 4.05. The van der Waals surface area contributed by atoms with Gasteiger partial charge in [0, 0.05) is 0 Å². The summed E-state index contributed by atoms with van der Waals surface area (Å²) in [5, 5.41) is 21.3. The molecule has 1 amide bonds. The van der Waals surface area contributed by atoms with Crippen LogP contribution >= 0.6 is 0 Å². The van der Waals surface area contributed by atoms with Gasteiger partial charge in [0.25, 0.3) is 0 Å². The fourth-order valence-corrected chi connectivity index (χ4v) is 2.37. The van der Waals surface area contributed by atoms with Crippen molar-refractivity contribution in [3.8, 4) is 5.75 Å². The molecule has 0 bridgehead atoms. The van der Waals surface area contributed by atoms with Gasteiger partial charge in [-0.05, 0) is 34.2 Å². The second-order valence-electron chi connectivity index (χ2n) is 6.35. The standard InChI is InChI=1S/C18H21NO3/c1-18(2,3)14-8-4-6-12(10-14)16(19-17(21)22)13-7-5-9-15(20)11-13/h4-11,16,19-20H,1-3H3,(H,21,22). The summed E-state index contributed by atoms with van der Waals surface area (Å²) in [6.45, 7) is 6.33. The fourth-order valence-electron chi connectivity index (χ4n) is 2.37. The number of hydrogen-bond acceptors (Lipinski definition) is 2. The van der Waals surface area contributed by atoms with Gasteiger partial charge in [0.1, 0.15) is 5.75 Å². The van der Waals surface area contributed by atoms with Crippen LogP contribution in [0.4, 0.5) is 4.79 Å². The van der Waals surface area contributed by atoms with Gasteiger partial charge in [-0.3, -0.25) is 0 Å². The molecule has 2 rings (SSSR count). The van der Waals surface area contributed by atoms with Crippen LogP contribution in [0.3, 0.4) is 0 Å². The molecule has 0 aromatic heterocycles. The normalized spacial score (nSPS) is 12.7. The van der Waals surface area contributed by atoms with Crippen LogP contribution in [0.1, 0.15) is 43.5 Å². The van der Waals surface area contributed by atoms with E-state index >= 15 is 0 Å². The van der Waals surface area contributed by atoms with Crippen LogP contribution in [0, 0.1) is 0 Å². The molecule has 2 aromatic rings. The van der Waals surface area contributed by atoms with Gasteiger partial charge >= 0.3 is 6.09 Å². The molecule has 0 saturated carbocycles. The quantitative estimate of drug-likeness (QED) is 0.801. The smallest absolute Gasteiger partial charge is 0.405 e. The number of carbonyl (C=O) groups is 1. The zero-order valence-electron chi connectivity index (χ0n) is 13.0. The van der Waals surface area contributed by atoms with Crippen LogP contribution in [-0.4, -0.2) is 16.3 Å². The Kier molecular flexibility index (Phi) is 4.40. The Labute approximate surface area is 130 Å². The molecule has 4 heteroatoms. The van der Waals surface area contributed by atoms with Gasteiger partial charge in [0.05, 0.1) is 6.04 Å². The summed E-state index contributed by atoms with van der Waals surface area (Å²) in [4.78, 5) is 11.1. The first kappa shape index (κ1) is 15.9. The molecule has 0 radical (unpaired) electrons. The van der Waals surface area contributed by atoms with E-state index in [9.17, 15) is 9.90 Å². The summed E-state index contributed by atoms with van der Waals surface area (Å²) >= 11 is 0. The summed E-state index contributed by atoms with van der Waals surface area (Å²) in [6.07, 6.45) is -1.10. The van der Waals surface area contributed by atoms with Crippen LogP contribution in [-0.2, 0) is 5.41 Å². The lowest BCUT2D eigenvalue weighted by Gasteiger charge is -2.23. The summed E-state index contributed by atoms with van der Waals surface area (Å²) in [7, 11) is 0. The van der Waals surface area contributed by atoms with Crippen LogP contribution in [0.15, 0.2) is 48.5 Å². The first-order valence-electron chi connectivity index (χ1n) is 7.16. The minimum atomic E-state index is -1.10. The van der Waals surface area contributed by atoms with Crippen molar-refractivity contribution in [2.24, 2.45) is 0 Å². The van der Waals surface area contributed by atoms with Crippen molar-refractivity contribution in [2.45, 2.75) is 32.2 Å². The second kappa shape index (κ2) is 6.10. The predicted molar refractivity (Wildman–Crippen MR) is 86.3 cm³/mol. The monoisotopic (exact) mass is 299 g/mol. The Hall–Kier alpha value is -2.49. The molecular formula is C18H21NO3. The van der Waals surface area contributed by atoms with Gasteiger partial charge in [0.2, 0.25) is 0 Å². The number of carboxylic acid groups (broad SMARTS) is 1. The number of phenolic OH excluding ortho intramolecular Hbond substituents is 1.